The molecule has 0 spiro atoms. The van der Waals surface area contributed by atoms with E-state index in [2.05, 4.69) is 18.7 Å². The maximum Gasteiger partial charge on any atom is 0.0688 e. The number of hydrogen-bond acceptors (Lipinski definition) is 3. The van der Waals surface area contributed by atoms with Crippen LogP contribution in [0.1, 0.15) is 10.4 Å². The van der Waals surface area contributed by atoms with Crippen LogP contribution in [0, 0.1) is 6.92 Å². The summed E-state index contributed by atoms with van der Waals surface area (Å²) in [4.78, 5) is 2.21. The minimum absolute atomic E-state index is 0.0844. The van der Waals surface area contributed by atoms with E-state index in [1.165, 1.54) is 9.58 Å². The van der Waals surface area contributed by atoms with Crippen molar-refractivity contribution in [1.82, 2.24) is 0 Å². The molecule has 0 aliphatic heterocycles. The molecule has 0 aliphatic rings. The van der Waals surface area contributed by atoms with Crippen LogP contribution in [-0.2, 0) is 6.61 Å². The lowest BCUT2D eigenvalue weighted by Gasteiger charge is -1.99. The first-order valence-electron chi connectivity index (χ1n) is 4.05. The molecule has 68 valence electrons. The van der Waals surface area contributed by atoms with Crippen LogP contribution in [0.15, 0.2) is 23.1 Å². The zero-order valence-corrected chi connectivity index (χ0v) is 8.95. The van der Waals surface area contributed by atoms with Crippen LogP contribution in [0.4, 0.5) is 0 Å². The van der Waals surface area contributed by atoms with E-state index in [0.717, 1.165) is 15.8 Å². The summed E-state index contributed by atoms with van der Waals surface area (Å²) in [6, 6.07) is 5.97. The molecule has 3 heteroatoms. The molecule has 0 atom stereocenters. The second-order valence-corrected chi connectivity index (χ2v) is 4.66. The van der Waals surface area contributed by atoms with Gasteiger partial charge < -0.3 is 5.11 Å². The van der Waals surface area contributed by atoms with Crippen LogP contribution in [0.3, 0.4) is 0 Å². The predicted octanol–water partition coefficient (Wildman–Crippen LogP) is 2.99. The fraction of sp³-hybridized carbons (Fsp3) is 0.200. The fourth-order valence-corrected chi connectivity index (χ4v) is 2.94. The molecule has 1 heterocycles. The number of hydrogen-bond donors (Lipinski definition) is 2. The summed E-state index contributed by atoms with van der Waals surface area (Å²) >= 11 is 6.16. The highest BCUT2D eigenvalue weighted by Crippen LogP contribution is 2.35. The summed E-state index contributed by atoms with van der Waals surface area (Å²) in [5.74, 6) is 0. The highest BCUT2D eigenvalue weighted by molar-refractivity contribution is 7.80. The lowest BCUT2D eigenvalue weighted by Crippen LogP contribution is -1.83. The summed E-state index contributed by atoms with van der Waals surface area (Å²) in [6.45, 7) is 2.13. The second kappa shape index (κ2) is 3.33. The molecule has 0 radical (unpaired) electrons. The van der Waals surface area contributed by atoms with Gasteiger partial charge in [0, 0.05) is 19.9 Å². The molecular weight excluding hydrogens is 200 g/mol. The van der Waals surface area contributed by atoms with Crippen LogP contribution in [-0.4, -0.2) is 5.11 Å². The maximum absolute atomic E-state index is 9.14. The normalized spacial score (nSPS) is 11.0. The zero-order valence-electron chi connectivity index (χ0n) is 7.24. The minimum atomic E-state index is 0.0844. The topological polar surface area (TPSA) is 20.2 Å². The van der Waals surface area contributed by atoms with Crippen molar-refractivity contribution in [3.8, 4) is 0 Å². The molecule has 1 aromatic heterocycles. The third-order valence-corrected chi connectivity index (χ3v) is 3.90. The van der Waals surface area contributed by atoms with Gasteiger partial charge in [0.2, 0.25) is 0 Å². The van der Waals surface area contributed by atoms with Crippen molar-refractivity contribution >= 4 is 34.1 Å². The first kappa shape index (κ1) is 9.06. The Hall–Kier alpha value is -0.510. The minimum Gasteiger partial charge on any atom is -0.392 e. The first-order chi connectivity index (χ1) is 6.24. The smallest absolute Gasteiger partial charge is 0.0688 e. The van der Waals surface area contributed by atoms with Crippen molar-refractivity contribution in [2.45, 2.75) is 18.4 Å². The van der Waals surface area contributed by atoms with Gasteiger partial charge in [0.15, 0.2) is 0 Å². The SMILES string of the molecule is Cc1sc2cccc(CO)c2c1S. The van der Waals surface area contributed by atoms with Gasteiger partial charge in [0.05, 0.1) is 6.61 Å². The fourth-order valence-electron chi connectivity index (χ4n) is 1.45. The number of aliphatic hydroxyl groups is 1. The monoisotopic (exact) mass is 210 g/mol. The molecule has 2 aromatic rings. The molecule has 2 rings (SSSR count). The molecule has 0 fully saturated rings. The molecule has 13 heavy (non-hydrogen) atoms. The highest BCUT2D eigenvalue weighted by atomic mass is 32.1. The molecule has 1 N–H and O–H groups in total. The van der Waals surface area contributed by atoms with Crippen LogP contribution in [0.2, 0.25) is 0 Å². The molecule has 0 bridgehead atoms. The second-order valence-electron chi connectivity index (χ2n) is 2.96. The first-order valence-corrected chi connectivity index (χ1v) is 5.31. The zero-order chi connectivity index (χ0) is 9.42. The molecule has 0 saturated heterocycles. The van der Waals surface area contributed by atoms with Crippen molar-refractivity contribution < 1.29 is 5.11 Å². The summed E-state index contributed by atoms with van der Waals surface area (Å²) in [5, 5.41) is 10.2. The van der Waals surface area contributed by atoms with Gasteiger partial charge >= 0.3 is 0 Å². The molecule has 0 saturated carbocycles. The van der Waals surface area contributed by atoms with E-state index in [0.29, 0.717) is 0 Å². The molecule has 1 aromatic carbocycles. The average molecular weight is 210 g/mol. The lowest BCUT2D eigenvalue weighted by atomic mass is 10.1. The Labute approximate surface area is 86.4 Å². The Morgan fingerprint density at radius 3 is 2.92 bits per heavy atom. The maximum atomic E-state index is 9.14. The number of aliphatic hydroxyl groups excluding tert-OH is 1. The summed E-state index contributed by atoms with van der Waals surface area (Å²) in [5.41, 5.74) is 0.965. The lowest BCUT2D eigenvalue weighted by molar-refractivity contribution is 0.283. The van der Waals surface area contributed by atoms with E-state index >= 15 is 0 Å². The molecule has 0 amide bonds. The Morgan fingerprint density at radius 2 is 2.23 bits per heavy atom. The Bertz CT molecular complexity index is 445. The Balaban J connectivity index is 2.87. The van der Waals surface area contributed by atoms with Crippen LogP contribution in [0.5, 0.6) is 0 Å². The number of rotatable bonds is 1. The Kier molecular flexibility index (Phi) is 2.32. The van der Waals surface area contributed by atoms with Gasteiger partial charge in [-0.05, 0) is 18.6 Å². The van der Waals surface area contributed by atoms with E-state index in [-0.39, 0.29) is 6.61 Å². The molecule has 0 unspecified atom stereocenters. The van der Waals surface area contributed by atoms with E-state index < -0.39 is 0 Å². The number of thiol groups is 1. The summed E-state index contributed by atoms with van der Waals surface area (Å²) in [7, 11) is 0. The van der Waals surface area contributed by atoms with Gasteiger partial charge in [0.1, 0.15) is 0 Å². The van der Waals surface area contributed by atoms with E-state index in [1.54, 1.807) is 11.3 Å². The van der Waals surface area contributed by atoms with E-state index in [4.69, 9.17) is 5.11 Å². The van der Waals surface area contributed by atoms with Gasteiger partial charge in [-0.1, -0.05) is 12.1 Å². The molecule has 0 aliphatic carbocycles. The molecular formula is C10H10OS2. The van der Waals surface area contributed by atoms with Crippen molar-refractivity contribution in [2.75, 3.05) is 0 Å². The van der Waals surface area contributed by atoms with Crippen molar-refractivity contribution in [1.29, 1.82) is 0 Å². The van der Waals surface area contributed by atoms with Crippen molar-refractivity contribution in [2.24, 2.45) is 0 Å². The van der Waals surface area contributed by atoms with Crippen LogP contribution < -0.4 is 0 Å². The van der Waals surface area contributed by atoms with Gasteiger partial charge in [-0.2, -0.15) is 0 Å². The van der Waals surface area contributed by atoms with E-state index in [9.17, 15) is 0 Å². The van der Waals surface area contributed by atoms with Crippen molar-refractivity contribution in [3.05, 3.63) is 28.6 Å². The van der Waals surface area contributed by atoms with E-state index in [1.807, 2.05) is 19.1 Å². The van der Waals surface area contributed by atoms with Gasteiger partial charge in [-0.3, -0.25) is 0 Å². The average Bonchev–Trinajstić information content (AvgIpc) is 2.43. The number of benzene rings is 1. The predicted molar refractivity (Wildman–Crippen MR) is 59.7 cm³/mol. The molecule has 1 nitrogen and oxygen atoms in total. The largest absolute Gasteiger partial charge is 0.392 e. The van der Waals surface area contributed by atoms with Crippen LogP contribution in [0.25, 0.3) is 10.1 Å². The summed E-state index contributed by atoms with van der Waals surface area (Å²) < 4.78 is 1.20. The Morgan fingerprint density at radius 1 is 1.46 bits per heavy atom. The quantitative estimate of drug-likeness (QED) is 0.693. The van der Waals surface area contributed by atoms with Crippen molar-refractivity contribution in [3.63, 3.8) is 0 Å². The summed E-state index contributed by atoms with van der Waals surface area (Å²) in [6.07, 6.45) is 0. The van der Waals surface area contributed by atoms with Gasteiger partial charge in [-0.15, -0.1) is 24.0 Å². The highest BCUT2D eigenvalue weighted by Gasteiger charge is 2.08. The third kappa shape index (κ3) is 1.37. The van der Waals surface area contributed by atoms with Crippen LogP contribution >= 0.6 is 24.0 Å². The third-order valence-electron chi connectivity index (χ3n) is 2.12. The number of aryl methyl sites for hydroxylation is 1. The van der Waals surface area contributed by atoms with Gasteiger partial charge in [-0.25, -0.2) is 0 Å². The number of thiophene rings is 1. The standard InChI is InChI=1S/C10H10OS2/c1-6-10(12)9-7(5-11)3-2-4-8(9)13-6/h2-4,11-12H,5H2,1H3. The van der Waals surface area contributed by atoms with Gasteiger partial charge in [0.25, 0.3) is 0 Å². The number of fused-ring (bicyclic) bond motifs is 1.